The average Bonchev–Trinajstić information content (AvgIpc) is 2.67. The van der Waals surface area contributed by atoms with Gasteiger partial charge in [-0.2, -0.15) is 0 Å². The lowest BCUT2D eigenvalue weighted by atomic mass is 10.2. The summed E-state index contributed by atoms with van der Waals surface area (Å²) in [5.41, 5.74) is 0.902. The molecule has 0 radical (unpaired) electrons. The molecule has 2 rings (SSSR count). The van der Waals surface area contributed by atoms with Gasteiger partial charge in [-0.15, -0.1) is 24.0 Å². The van der Waals surface area contributed by atoms with E-state index in [1.165, 1.54) is 6.42 Å². The van der Waals surface area contributed by atoms with Crippen molar-refractivity contribution in [3.05, 3.63) is 18.2 Å². The molecule has 26 heavy (non-hydrogen) atoms. The van der Waals surface area contributed by atoms with Gasteiger partial charge in [-0.25, -0.2) is 0 Å². The van der Waals surface area contributed by atoms with E-state index in [9.17, 15) is 0 Å². The Morgan fingerprint density at radius 3 is 2.54 bits per heavy atom. The van der Waals surface area contributed by atoms with E-state index in [1.54, 1.807) is 21.3 Å². The zero-order valence-electron chi connectivity index (χ0n) is 15.9. The number of halogens is 1. The van der Waals surface area contributed by atoms with E-state index in [1.807, 2.05) is 18.2 Å². The lowest BCUT2D eigenvalue weighted by Crippen LogP contribution is -2.37. The van der Waals surface area contributed by atoms with Crippen LogP contribution in [0.25, 0.3) is 0 Å². The topological polar surface area (TPSA) is 67.4 Å². The lowest BCUT2D eigenvalue weighted by Gasteiger charge is -2.26. The first-order valence-electron chi connectivity index (χ1n) is 8.76. The van der Waals surface area contributed by atoms with Crippen molar-refractivity contribution >= 4 is 35.6 Å². The van der Waals surface area contributed by atoms with Crippen molar-refractivity contribution < 1.29 is 14.2 Å². The molecular weight excluding hydrogens is 447 g/mol. The minimum atomic E-state index is 0. The van der Waals surface area contributed by atoms with Crippen molar-refractivity contribution in [2.45, 2.75) is 12.8 Å². The fourth-order valence-electron chi connectivity index (χ4n) is 2.72. The Labute approximate surface area is 173 Å². The molecule has 1 heterocycles. The Balaban J connectivity index is 0.00000338. The smallest absolute Gasteiger partial charge is 0.195 e. The second kappa shape index (κ2) is 13.0. The first-order chi connectivity index (χ1) is 12.3. The molecule has 0 aromatic heterocycles. The van der Waals surface area contributed by atoms with Crippen LogP contribution in [0.15, 0.2) is 23.2 Å². The zero-order valence-corrected chi connectivity index (χ0v) is 18.2. The van der Waals surface area contributed by atoms with E-state index in [0.29, 0.717) is 11.5 Å². The van der Waals surface area contributed by atoms with Crippen LogP contribution < -0.4 is 20.1 Å². The number of aliphatic imine (C=N–C) groups is 1. The number of morpholine rings is 1. The predicted octanol–water partition coefficient (Wildman–Crippen LogP) is 2.42. The van der Waals surface area contributed by atoms with Crippen LogP contribution in [-0.4, -0.2) is 71.5 Å². The molecule has 0 atom stereocenters. The fraction of sp³-hybridized carbons (Fsp3) is 0.611. The molecule has 148 valence electrons. The SMILES string of the molecule is CN=C(NCCCCN1CCOCC1)Nc1ccc(OC)c(OC)c1.I. The molecule has 1 fully saturated rings. The van der Waals surface area contributed by atoms with Crippen LogP contribution in [0, 0.1) is 0 Å². The van der Waals surface area contributed by atoms with Crippen LogP contribution in [0.1, 0.15) is 12.8 Å². The summed E-state index contributed by atoms with van der Waals surface area (Å²) in [5.74, 6) is 2.14. The number of hydrogen-bond donors (Lipinski definition) is 2. The van der Waals surface area contributed by atoms with Gasteiger partial charge in [-0.3, -0.25) is 9.89 Å². The highest BCUT2D eigenvalue weighted by atomic mass is 127. The molecule has 8 heteroatoms. The van der Waals surface area contributed by atoms with Crippen LogP contribution in [-0.2, 0) is 4.74 Å². The van der Waals surface area contributed by atoms with Gasteiger partial charge in [0.05, 0.1) is 27.4 Å². The van der Waals surface area contributed by atoms with Gasteiger partial charge in [0.1, 0.15) is 0 Å². The number of ether oxygens (including phenoxy) is 3. The summed E-state index contributed by atoms with van der Waals surface area (Å²) < 4.78 is 15.9. The molecule has 0 bridgehead atoms. The largest absolute Gasteiger partial charge is 0.493 e. The van der Waals surface area contributed by atoms with Crippen molar-refractivity contribution in [3.8, 4) is 11.5 Å². The Hall–Kier alpha value is -1.26. The first kappa shape index (κ1) is 22.8. The Morgan fingerprint density at radius 2 is 1.88 bits per heavy atom. The number of hydrogen-bond acceptors (Lipinski definition) is 5. The minimum absolute atomic E-state index is 0. The molecule has 0 amide bonds. The molecule has 1 saturated heterocycles. The highest BCUT2D eigenvalue weighted by Crippen LogP contribution is 2.29. The number of anilines is 1. The van der Waals surface area contributed by atoms with Crippen LogP contribution in [0.4, 0.5) is 5.69 Å². The molecule has 7 nitrogen and oxygen atoms in total. The third-order valence-electron chi connectivity index (χ3n) is 4.17. The summed E-state index contributed by atoms with van der Waals surface area (Å²) in [6, 6.07) is 5.70. The highest BCUT2D eigenvalue weighted by Gasteiger charge is 2.09. The Bertz CT molecular complexity index is 551. The van der Waals surface area contributed by atoms with E-state index in [2.05, 4.69) is 20.5 Å². The Kier molecular flexibility index (Phi) is 11.4. The fourth-order valence-corrected chi connectivity index (χ4v) is 2.72. The molecule has 0 saturated carbocycles. The summed E-state index contributed by atoms with van der Waals surface area (Å²) in [6.07, 6.45) is 2.27. The summed E-state index contributed by atoms with van der Waals surface area (Å²) in [6.45, 7) is 5.84. The van der Waals surface area contributed by atoms with Gasteiger partial charge in [0.25, 0.3) is 0 Å². The van der Waals surface area contributed by atoms with Gasteiger partial charge in [-0.05, 0) is 31.5 Å². The minimum Gasteiger partial charge on any atom is -0.493 e. The second-order valence-corrected chi connectivity index (χ2v) is 5.85. The molecule has 1 aliphatic rings. The molecule has 0 aliphatic carbocycles. The number of rotatable bonds is 8. The van der Waals surface area contributed by atoms with E-state index < -0.39 is 0 Å². The van der Waals surface area contributed by atoms with E-state index in [-0.39, 0.29) is 24.0 Å². The summed E-state index contributed by atoms with van der Waals surface area (Å²) in [5, 5.41) is 6.62. The second-order valence-electron chi connectivity index (χ2n) is 5.85. The van der Waals surface area contributed by atoms with Crippen molar-refractivity contribution in [1.29, 1.82) is 0 Å². The number of benzene rings is 1. The van der Waals surface area contributed by atoms with Gasteiger partial charge in [0, 0.05) is 38.4 Å². The van der Waals surface area contributed by atoms with Gasteiger partial charge in [0.15, 0.2) is 17.5 Å². The van der Waals surface area contributed by atoms with E-state index in [4.69, 9.17) is 14.2 Å². The number of nitrogens with zero attached hydrogens (tertiary/aromatic N) is 2. The van der Waals surface area contributed by atoms with Gasteiger partial charge < -0.3 is 24.8 Å². The molecular formula is C18H31IN4O3. The van der Waals surface area contributed by atoms with Crippen molar-refractivity contribution in [3.63, 3.8) is 0 Å². The van der Waals surface area contributed by atoms with Crippen LogP contribution in [0.5, 0.6) is 11.5 Å². The van der Waals surface area contributed by atoms with Crippen molar-refractivity contribution in [2.24, 2.45) is 4.99 Å². The Morgan fingerprint density at radius 1 is 1.15 bits per heavy atom. The van der Waals surface area contributed by atoms with E-state index >= 15 is 0 Å². The maximum Gasteiger partial charge on any atom is 0.195 e. The van der Waals surface area contributed by atoms with Crippen molar-refractivity contribution in [2.75, 3.05) is 66.0 Å². The first-order valence-corrected chi connectivity index (χ1v) is 8.76. The molecule has 0 spiro atoms. The molecule has 1 aromatic carbocycles. The number of nitrogens with one attached hydrogen (secondary N) is 2. The van der Waals surface area contributed by atoms with Gasteiger partial charge in [-0.1, -0.05) is 0 Å². The maximum absolute atomic E-state index is 5.37. The average molecular weight is 478 g/mol. The van der Waals surface area contributed by atoms with Crippen LogP contribution >= 0.6 is 24.0 Å². The van der Waals surface area contributed by atoms with E-state index in [0.717, 1.165) is 57.5 Å². The predicted molar refractivity (Wildman–Crippen MR) is 116 cm³/mol. The summed E-state index contributed by atoms with van der Waals surface area (Å²) in [7, 11) is 5.02. The normalized spacial score (nSPS) is 15.1. The third-order valence-corrected chi connectivity index (χ3v) is 4.17. The van der Waals surface area contributed by atoms with Crippen molar-refractivity contribution in [1.82, 2.24) is 10.2 Å². The van der Waals surface area contributed by atoms with Crippen LogP contribution in [0.2, 0.25) is 0 Å². The molecule has 0 unspecified atom stereocenters. The quantitative estimate of drug-likeness (QED) is 0.259. The van der Waals surface area contributed by atoms with Gasteiger partial charge in [0.2, 0.25) is 0 Å². The molecule has 1 aliphatic heterocycles. The summed E-state index contributed by atoms with van der Waals surface area (Å²) in [4.78, 5) is 6.72. The zero-order chi connectivity index (χ0) is 17.9. The maximum atomic E-state index is 5.37. The lowest BCUT2D eigenvalue weighted by molar-refractivity contribution is 0.0372. The highest BCUT2D eigenvalue weighted by molar-refractivity contribution is 14.0. The molecule has 1 aromatic rings. The van der Waals surface area contributed by atoms with Gasteiger partial charge >= 0.3 is 0 Å². The summed E-state index contributed by atoms with van der Waals surface area (Å²) >= 11 is 0. The molecule has 2 N–H and O–H groups in total. The number of unbranched alkanes of at least 4 members (excludes halogenated alkanes) is 1. The number of guanidine groups is 1. The monoisotopic (exact) mass is 478 g/mol. The number of methoxy groups -OCH3 is 2. The standard InChI is InChI=1S/C18H30N4O3.HI/c1-19-18(20-8-4-5-9-22-10-12-25-13-11-22)21-15-6-7-16(23-2)17(14-15)24-3;/h6-7,14H,4-5,8-13H2,1-3H3,(H2,19,20,21);1H. The van der Waals surface area contributed by atoms with Crippen LogP contribution in [0.3, 0.4) is 0 Å². The third kappa shape index (κ3) is 7.55.